The van der Waals surface area contributed by atoms with Crippen LogP contribution in [0.4, 0.5) is 0 Å². The molecule has 0 amide bonds. The van der Waals surface area contributed by atoms with Gasteiger partial charge in [0.05, 0.1) is 0 Å². The number of carboxylic acid groups (broad SMARTS) is 1. The van der Waals surface area contributed by atoms with Crippen molar-refractivity contribution in [2.75, 3.05) is 0 Å². The van der Waals surface area contributed by atoms with Gasteiger partial charge in [-0.05, 0) is 17.5 Å². The Morgan fingerprint density at radius 2 is 1.47 bits per heavy atom. The highest BCUT2D eigenvalue weighted by Crippen LogP contribution is 2.05. The van der Waals surface area contributed by atoms with Gasteiger partial charge in [-0.2, -0.15) is 0 Å². The molecule has 0 saturated carbocycles. The number of rotatable bonds is 6. The number of carbonyl (C=O) groups is 1. The Balaban J connectivity index is 1.95. The molecule has 0 spiro atoms. The van der Waals surface area contributed by atoms with Gasteiger partial charge in [-0.1, -0.05) is 60.7 Å². The summed E-state index contributed by atoms with van der Waals surface area (Å²) in [6.45, 7) is 0.560. The Hall–Kier alpha value is -2.13. The minimum Gasteiger partial charge on any atom is -0.480 e. The second kappa shape index (κ2) is 6.71. The molecule has 3 heteroatoms. The van der Waals surface area contributed by atoms with Crippen LogP contribution in [0.15, 0.2) is 60.7 Å². The number of benzene rings is 2. The molecule has 2 rings (SSSR count). The summed E-state index contributed by atoms with van der Waals surface area (Å²) >= 11 is 0. The smallest absolute Gasteiger partial charge is 0.321 e. The Morgan fingerprint density at radius 3 is 2.00 bits per heavy atom. The zero-order valence-corrected chi connectivity index (χ0v) is 10.6. The minimum atomic E-state index is -0.820. The summed E-state index contributed by atoms with van der Waals surface area (Å²) < 4.78 is 0. The van der Waals surface area contributed by atoms with E-state index < -0.39 is 12.0 Å². The van der Waals surface area contributed by atoms with Crippen LogP contribution in [0.1, 0.15) is 11.1 Å². The molecule has 2 aromatic carbocycles. The molecular weight excluding hydrogens is 238 g/mol. The van der Waals surface area contributed by atoms with Crippen molar-refractivity contribution < 1.29 is 9.90 Å². The highest BCUT2D eigenvalue weighted by atomic mass is 16.4. The van der Waals surface area contributed by atoms with E-state index >= 15 is 0 Å². The van der Waals surface area contributed by atoms with Crippen LogP contribution < -0.4 is 5.32 Å². The molecule has 1 unspecified atom stereocenters. The molecule has 0 aliphatic heterocycles. The summed E-state index contributed by atoms with van der Waals surface area (Å²) in [6.07, 6.45) is 0.489. The van der Waals surface area contributed by atoms with Crippen LogP contribution in [0.2, 0.25) is 0 Å². The molecule has 0 aliphatic carbocycles. The Morgan fingerprint density at radius 1 is 0.947 bits per heavy atom. The van der Waals surface area contributed by atoms with Crippen molar-refractivity contribution in [3.63, 3.8) is 0 Å². The predicted octanol–water partition coefficient (Wildman–Crippen LogP) is 2.47. The lowest BCUT2D eigenvalue weighted by molar-refractivity contribution is -0.139. The average molecular weight is 255 g/mol. The van der Waals surface area contributed by atoms with Gasteiger partial charge >= 0.3 is 5.97 Å². The van der Waals surface area contributed by atoms with Gasteiger partial charge in [0.25, 0.3) is 0 Å². The maximum atomic E-state index is 11.3. The van der Waals surface area contributed by atoms with E-state index in [2.05, 4.69) is 5.32 Å². The number of aliphatic carboxylic acids is 1. The van der Waals surface area contributed by atoms with Crippen LogP contribution >= 0.6 is 0 Å². The van der Waals surface area contributed by atoms with Crippen molar-refractivity contribution in [3.8, 4) is 0 Å². The maximum absolute atomic E-state index is 11.3. The van der Waals surface area contributed by atoms with Gasteiger partial charge in [0.1, 0.15) is 6.04 Å². The number of hydrogen-bond acceptors (Lipinski definition) is 2. The number of carboxylic acids is 1. The second-order valence-corrected chi connectivity index (χ2v) is 4.45. The highest BCUT2D eigenvalue weighted by Gasteiger charge is 2.16. The molecule has 2 N–H and O–H groups in total. The van der Waals surface area contributed by atoms with Crippen LogP contribution in [0.25, 0.3) is 0 Å². The van der Waals surface area contributed by atoms with Gasteiger partial charge in [-0.3, -0.25) is 4.79 Å². The normalized spacial score (nSPS) is 12.0. The van der Waals surface area contributed by atoms with Crippen LogP contribution in [0, 0.1) is 0 Å². The third-order valence-corrected chi connectivity index (χ3v) is 2.98. The van der Waals surface area contributed by atoms with Crippen molar-refractivity contribution >= 4 is 5.97 Å². The minimum absolute atomic E-state index is 0.489. The van der Waals surface area contributed by atoms with Crippen LogP contribution in [0.3, 0.4) is 0 Å². The number of nitrogens with one attached hydrogen (secondary N) is 1. The summed E-state index contributed by atoms with van der Waals surface area (Å²) in [7, 11) is 0. The fraction of sp³-hybridized carbons (Fsp3) is 0.188. The first-order valence-corrected chi connectivity index (χ1v) is 6.30. The second-order valence-electron chi connectivity index (χ2n) is 4.45. The van der Waals surface area contributed by atoms with Crippen molar-refractivity contribution in [2.45, 2.75) is 19.0 Å². The molecule has 0 aromatic heterocycles. The van der Waals surface area contributed by atoms with Gasteiger partial charge in [0.2, 0.25) is 0 Å². The third kappa shape index (κ3) is 4.23. The lowest BCUT2D eigenvalue weighted by Crippen LogP contribution is -2.38. The van der Waals surface area contributed by atoms with E-state index in [1.807, 2.05) is 60.7 Å². The van der Waals surface area contributed by atoms with E-state index in [4.69, 9.17) is 0 Å². The first-order valence-electron chi connectivity index (χ1n) is 6.30. The maximum Gasteiger partial charge on any atom is 0.321 e. The molecule has 0 fully saturated rings. The molecule has 0 heterocycles. The standard InChI is InChI=1S/C16H17NO2/c18-16(19)15(11-13-7-3-1-4-8-13)17-12-14-9-5-2-6-10-14/h1-10,15,17H,11-12H2,(H,18,19). The lowest BCUT2D eigenvalue weighted by Gasteiger charge is -2.14. The summed E-state index contributed by atoms with van der Waals surface area (Å²) in [6, 6.07) is 18.9. The van der Waals surface area contributed by atoms with Crippen molar-refractivity contribution in [3.05, 3.63) is 71.8 Å². The summed E-state index contributed by atoms with van der Waals surface area (Å²) in [5, 5.41) is 12.3. The topological polar surface area (TPSA) is 49.3 Å². The van der Waals surface area contributed by atoms with Gasteiger partial charge in [0, 0.05) is 6.54 Å². The van der Waals surface area contributed by atoms with E-state index in [9.17, 15) is 9.90 Å². The monoisotopic (exact) mass is 255 g/mol. The molecule has 0 bridgehead atoms. The fourth-order valence-corrected chi connectivity index (χ4v) is 1.93. The van der Waals surface area contributed by atoms with Crippen molar-refractivity contribution in [1.82, 2.24) is 5.32 Å². The largest absolute Gasteiger partial charge is 0.480 e. The van der Waals surface area contributed by atoms with E-state index in [1.54, 1.807) is 0 Å². The van der Waals surface area contributed by atoms with Crippen LogP contribution in [-0.2, 0) is 17.8 Å². The first kappa shape index (κ1) is 13.3. The zero-order valence-electron chi connectivity index (χ0n) is 10.6. The van der Waals surface area contributed by atoms with E-state index in [1.165, 1.54) is 0 Å². The van der Waals surface area contributed by atoms with Gasteiger partial charge in [0.15, 0.2) is 0 Å². The van der Waals surface area contributed by atoms with Crippen LogP contribution in [-0.4, -0.2) is 17.1 Å². The quantitative estimate of drug-likeness (QED) is 0.833. The molecule has 1 atom stereocenters. The molecular formula is C16H17NO2. The summed E-state index contributed by atoms with van der Waals surface area (Å²) in [5.74, 6) is -0.820. The van der Waals surface area contributed by atoms with Gasteiger partial charge < -0.3 is 10.4 Å². The lowest BCUT2D eigenvalue weighted by atomic mass is 10.1. The molecule has 0 radical (unpaired) electrons. The van der Waals surface area contributed by atoms with Crippen molar-refractivity contribution in [1.29, 1.82) is 0 Å². The zero-order chi connectivity index (χ0) is 13.5. The van der Waals surface area contributed by atoms with E-state index in [0.717, 1.165) is 11.1 Å². The number of hydrogen-bond donors (Lipinski definition) is 2. The molecule has 98 valence electrons. The highest BCUT2D eigenvalue weighted by molar-refractivity contribution is 5.73. The van der Waals surface area contributed by atoms with Gasteiger partial charge in [-0.15, -0.1) is 0 Å². The molecule has 3 nitrogen and oxygen atoms in total. The van der Waals surface area contributed by atoms with Crippen molar-refractivity contribution in [2.24, 2.45) is 0 Å². The molecule has 0 aliphatic rings. The third-order valence-electron chi connectivity index (χ3n) is 2.98. The summed E-state index contributed by atoms with van der Waals surface area (Å²) in [4.78, 5) is 11.3. The van der Waals surface area contributed by atoms with Gasteiger partial charge in [-0.25, -0.2) is 0 Å². The molecule has 2 aromatic rings. The molecule has 19 heavy (non-hydrogen) atoms. The average Bonchev–Trinajstić information content (AvgIpc) is 2.45. The Labute approximate surface area is 112 Å². The SMILES string of the molecule is O=C(O)C(Cc1ccccc1)NCc1ccccc1. The Bertz CT molecular complexity index is 511. The Kier molecular flexibility index (Phi) is 4.70. The van der Waals surface area contributed by atoms with E-state index in [0.29, 0.717) is 13.0 Å². The predicted molar refractivity (Wildman–Crippen MR) is 74.9 cm³/mol. The first-order chi connectivity index (χ1) is 9.25. The summed E-state index contributed by atoms with van der Waals surface area (Å²) in [5.41, 5.74) is 2.11. The molecule has 0 saturated heterocycles. The fourth-order valence-electron chi connectivity index (χ4n) is 1.93. The van der Waals surface area contributed by atoms with Crippen LogP contribution in [0.5, 0.6) is 0 Å². The van der Waals surface area contributed by atoms with E-state index in [-0.39, 0.29) is 0 Å².